The summed E-state index contributed by atoms with van der Waals surface area (Å²) in [6, 6.07) is 0. The van der Waals surface area contributed by atoms with Gasteiger partial charge in [-0.3, -0.25) is 9.59 Å². The van der Waals surface area contributed by atoms with E-state index < -0.39 is 6.10 Å². The molecule has 1 atom stereocenters. The summed E-state index contributed by atoms with van der Waals surface area (Å²) in [5.41, 5.74) is 0. The molecule has 0 aromatic rings. The van der Waals surface area contributed by atoms with Gasteiger partial charge in [0, 0.05) is 19.4 Å². The van der Waals surface area contributed by atoms with Crippen molar-refractivity contribution in [2.45, 2.75) is 322 Å². The maximum atomic E-state index is 12.9. The molecule has 0 radical (unpaired) electrons. The molecule has 0 saturated carbocycles. The van der Waals surface area contributed by atoms with E-state index in [1.165, 1.54) is 193 Å². The Morgan fingerprint density at radius 2 is 0.625 bits per heavy atom. The van der Waals surface area contributed by atoms with Crippen LogP contribution < -0.4 is 0 Å². The fourth-order valence-electron chi connectivity index (χ4n) is 9.06. The number of allylic oxidation sites excluding steroid dienone is 12. The molecule has 0 saturated heterocycles. The average Bonchev–Trinajstić information content (AvgIpc) is 3.38. The Hall–Kier alpha value is -2.66. The molecule has 0 fully saturated rings. The second kappa shape index (κ2) is 62.6. The van der Waals surface area contributed by atoms with Crippen LogP contribution in [-0.2, 0) is 23.8 Å². The molecule has 0 aliphatic carbocycles. The van der Waals surface area contributed by atoms with E-state index in [9.17, 15) is 9.59 Å². The van der Waals surface area contributed by atoms with Crippen LogP contribution in [0, 0.1) is 0 Å². The van der Waals surface area contributed by atoms with Crippen LogP contribution in [0.4, 0.5) is 0 Å². The molecule has 72 heavy (non-hydrogen) atoms. The minimum Gasteiger partial charge on any atom is -0.462 e. The molecule has 0 aromatic carbocycles. The Morgan fingerprint density at radius 1 is 0.319 bits per heavy atom. The number of carbonyl (C=O) groups is 2. The lowest BCUT2D eigenvalue weighted by Gasteiger charge is -2.18. The molecule has 1 unspecified atom stereocenters. The highest BCUT2D eigenvalue weighted by Gasteiger charge is 2.17. The second-order valence-corrected chi connectivity index (χ2v) is 20.9. The monoisotopic (exact) mass is 1000 g/mol. The minimum absolute atomic E-state index is 0.0755. The third-order valence-corrected chi connectivity index (χ3v) is 13.7. The van der Waals surface area contributed by atoms with Crippen molar-refractivity contribution < 1.29 is 23.8 Å². The highest BCUT2D eigenvalue weighted by atomic mass is 16.6. The Balaban J connectivity index is 4.29. The number of hydrogen-bond acceptors (Lipinski definition) is 5. The zero-order valence-electron chi connectivity index (χ0n) is 48.2. The van der Waals surface area contributed by atoms with Gasteiger partial charge < -0.3 is 14.2 Å². The Morgan fingerprint density at radius 3 is 1.03 bits per heavy atom. The van der Waals surface area contributed by atoms with Crippen LogP contribution in [0.2, 0.25) is 0 Å². The van der Waals surface area contributed by atoms with Gasteiger partial charge in [0.2, 0.25) is 0 Å². The van der Waals surface area contributed by atoms with Crippen molar-refractivity contribution in [2.75, 3.05) is 19.8 Å². The Labute approximate surface area is 448 Å². The van der Waals surface area contributed by atoms with E-state index in [1.54, 1.807) is 0 Å². The topological polar surface area (TPSA) is 61.8 Å². The van der Waals surface area contributed by atoms with E-state index in [1.807, 2.05) is 0 Å². The molecule has 0 amide bonds. The van der Waals surface area contributed by atoms with Gasteiger partial charge in [-0.05, 0) is 89.9 Å². The van der Waals surface area contributed by atoms with E-state index in [-0.39, 0.29) is 25.2 Å². The number of unbranched alkanes of at least 4 members (excludes halogenated alkanes) is 35. The second-order valence-electron chi connectivity index (χ2n) is 20.9. The SMILES string of the molecule is CC/C=C\C/C=C\C/C=C\C/C=C\CCCCCCCCC(=O)OCC(COCCCCCCCCCCCCCCCCCCCCCC)OC(=O)CCCCCCCCC/C=C\C/C=C\CCCCC. The summed E-state index contributed by atoms with van der Waals surface area (Å²) >= 11 is 0. The van der Waals surface area contributed by atoms with Crippen molar-refractivity contribution in [3.63, 3.8) is 0 Å². The van der Waals surface area contributed by atoms with Gasteiger partial charge in [-0.15, -0.1) is 0 Å². The van der Waals surface area contributed by atoms with Gasteiger partial charge in [-0.1, -0.05) is 286 Å². The molecular formula is C67H120O5. The molecule has 0 rings (SSSR count). The van der Waals surface area contributed by atoms with E-state index in [0.717, 1.165) is 89.9 Å². The van der Waals surface area contributed by atoms with Crippen molar-refractivity contribution in [2.24, 2.45) is 0 Å². The first-order valence-corrected chi connectivity index (χ1v) is 31.5. The largest absolute Gasteiger partial charge is 0.462 e. The third kappa shape index (κ3) is 59.9. The zero-order valence-corrected chi connectivity index (χ0v) is 48.2. The normalized spacial score (nSPS) is 12.7. The fraction of sp³-hybridized carbons (Fsp3) is 0.791. The van der Waals surface area contributed by atoms with Crippen LogP contribution in [0.5, 0.6) is 0 Å². The minimum atomic E-state index is -0.549. The van der Waals surface area contributed by atoms with Crippen molar-refractivity contribution >= 4 is 11.9 Å². The molecule has 0 N–H and O–H groups in total. The van der Waals surface area contributed by atoms with Gasteiger partial charge in [-0.2, -0.15) is 0 Å². The van der Waals surface area contributed by atoms with Crippen LogP contribution in [0.25, 0.3) is 0 Å². The number of hydrogen-bond donors (Lipinski definition) is 0. The van der Waals surface area contributed by atoms with Crippen molar-refractivity contribution in [3.05, 3.63) is 72.9 Å². The van der Waals surface area contributed by atoms with Gasteiger partial charge in [-0.25, -0.2) is 0 Å². The number of ether oxygens (including phenoxy) is 3. The molecule has 5 nitrogen and oxygen atoms in total. The molecule has 418 valence electrons. The van der Waals surface area contributed by atoms with Gasteiger partial charge >= 0.3 is 11.9 Å². The Kier molecular flexibility index (Phi) is 60.3. The van der Waals surface area contributed by atoms with Gasteiger partial charge in [0.25, 0.3) is 0 Å². The van der Waals surface area contributed by atoms with Crippen LogP contribution in [0.3, 0.4) is 0 Å². The van der Waals surface area contributed by atoms with Gasteiger partial charge in [0.05, 0.1) is 6.61 Å². The first kappa shape index (κ1) is 69.3. The zero-order chi connectivity index (χ0) is 52.0. The van der Waals surface area contributed by atoms with E-state index in [0.29, 0.717) is 19.4 Å². The predicted octanol–water partition coefficient (Wildman–Crippen LogP) is 21.8. The third-order valence-electron chi connectivity index (χ3n) is 13.7. The van der Waals surface area contributed by atoms with Gasteiger partial charge in [0.1, 0.15) is 6.61 Å². The number of esters is 2. The van der Waals surface area contributed by atoms with Crippen molar-refractivity contribution in [3.8, 4) is 0 Å². The molecular weight excluding hydrogens is 885 g/mol. The Bertz CT molecular complexity index is 1270. The van der Waals surface area contributed by atoms with Gasteiger partial charge in [0.15, 0.2) is 6.10 Å². The van der Waals surface area contributed by atoms with Crippen LogP contribution in [0.15, 0.2) is 72.9 Å². The summed E-state index contributed by atoms with van der Waals surface area (Å²) in [4.78, 5) is 25.6. The quantitative estimate of drug-likeness (QED) is 0.0345. The lowest BCUT2D eigenvalue weighted by Crippen LogP contribution is -2.30. The highest BCUT2D eigenvalue weighted by Crippen LogP contribution is 2.17. The van der Waals surface area contributed by atoms with Crippen molar-refractivity contribution in [1.29, 1.82) is 0 Å². The lowest BCUT2D eigenvalue weighted by atomic mass is 10.0. The summed E-state index contributed by atoms with van der Waals surface area (Å²) in [7, 11) is 0. The van der Waals surface area contributed by atoms with E-state index >= 15 is 0 Å². The molecule has 0 aromatic heterocycles. The lowest BCUT2D eigenvalue weighted by molar-refractivity contribution is -0.163. The summed E-state index contributed by atoms with van der Waals surface area (Å²) in [6.45, 7) is 7.72. The number of carbonyl (C=O) groups excluding carboxylic acids is 2. The van der Waals surface area contributed by atoms with Crippen LogP contribution in [-0.4, -0.2) is 37.9 Å². The summed E-state index contributed by atoms with van der Waals surface area (Å²) in [5.74, 6) is -0.408. The molecule has 0 heterocycles. The molecule has 5 heteroatoms. The number of rotatable bonds is 58. The molecule has 0 aliphatic rings. The fourth-order valence-corrected chi connectivity index (χ4v) is 9.06. The first-order valence-electron chi connectivity index (χ1n) is 31.5. The molecule has 0 spiro atoms. The highest BCUT2D eigenvalue weighted by molar-refractivity contribution is 5.70. The first-order chi connectivity index (χ1) is 35.6. The molecule has 0 aliphatic heterocycles. The molecule has 0 bridgehead atoms. The smallest absolute Gasteiger partial charge is 0.306 e. The van der Waals surface area contributed by atoms with Crippen molar-refractivity contribution in [1.82, 2.24) is 0 Å². The summed E-state index contributed by atoms with van der Waals surface area (Å²) < 4.78 is 17.5. The maximum Gasteiger partial charge on any atom is 0.306 e. The van der Waals surface area contributed by atoms with Crippen LogP contribution in [0.1, 0.15) is 316 Å². The predicted molar refractivity (Wildman–Crippen MR) is 316 cm³/mol. The van der Waals surface area contributed by atoms with E-state index in [2.05, 4.69) is 93.7 Å². The maximum absolute atomic E-state index is 12.9. The average molecular weight is 1010 g/mol. The standard InChI is InChI=1S/C67H120O5/c1-4-7-10-13-16-19-22-25-28-31-33-35-38-41-44-47-50-53-56-59-62-70-63-65(72-67(69)61-58-55-52-49-46-43-40-36-30-27-24-21-18-15-12-9-6-3)64-71-66(68)60-57-54-51-48-45-42-39-37-34-32-29-26-23-20-17-14-11-8-5-2/h8,11,17-18,20-21,26-27,29-30,34,37,65H,4-7,9-10,12-16,19,22-25,28,31-33,35-36,38-64H2,1-3H3/b11-8-,20-17-,21-18-,29-26-,30-27-,37-34-. The summed E-state index contributed by atoms with van der Waals surface area (Å²) in [6.07, 6.45) is 82.2. The summed E-state index contributed by atoms with van der Waals surface area (Å²) in [5, 5.41) is 0. The van der Waals surface area contributed by atoms with E-state index in [4.69, 9.17) is 14.2 Å². The van der Waals surface area contributed by atoms with Crippen LogP contribution >= 0.6 is 0 Å².